The molecule has 10 heteroatoms. The van der Waals surface area contributed by atoms with Crippen molar-refractivity contribution in [3.8, 4) is 46.0 Å². The Balaban J connectivity index is 0.975. The van der Waals surface area contributed by atoms with Gasteiger partial charge in [0.1, 0.15) is 46.0 Å². The van der Waals surface area contributed by atoms with Crippen molar-refractivity contribution >= 4 is 29.3 Å². The molecule has 4 amide bonds. The molecule has 2 aliphatic rings. The van der Waals surface area contributed by atoms with Crippen molar-refractivity contribution in [1.82, 2.24) is 4.90 Å². The molecule has 2 heterocycles. The zero-order valence-electron chi connectivity index (χ0n) is 34.7. The summed E-state index contributed by atoms with van der Waals surface area (Å²) in [6.07, 6.45) is 0. The first-order chi connectivity index (χ1) is 28.4. The summed E-state index contributed by atoms with van der Waals surface area (Å²) in [6.45, 7) is 14.5. The van der Waals surface area contributed by atoms with Crippen LogP contribution in [0.15, 0.2) is 121 Å². The summed E-state index contributed by atoms with van der Waals surface area (Å²) < 4.78 is 25.0. The van der Waals surface area contributed by atoms with E-state index in [1.165, 1.54) is 7.05 Å². The normalized spacial score (nSPS) is 13.7. The minimum atomic E-state index is -0.465. The highest BCUT2D eigenvalue weighted by Crippen LogP contribution is 2.41. The molecule has 0 saturated heterocycles. The van der Waals surface area contributed by atoms with Gasteiger partial charge in [-0.1, -0.05) is 59.2 Å². The number of imide groups is 2. The van der Waals surface area contributed by atoms with Gasteiger partial charge in [0.05, 0.1) is 27.9 Å². The van der Waals surface area contributed by atoms with E-state index in [2.05, 4.69) is 20.8 Å². The number of hydrogen-bond acceptors (Lipinski definition) is 8. The van der Waals surface area contributed by atoms with Gasteiger partial charge in [-0.25, -0.2) is 4.90 Å². The third-order valence-corrected chi connectivity index (χ3v) is 10.5. The van der Waals surface area contributed by atoms with Crippen molar-refractivity contribution in [3.05, 3.63) is 160 Å². The number of amides is 4. The number of anilines is 1. The number of benzene rings is 6. The van der Waals surface area contributed by atoms with E-state index in [9.17, 15) is 19.2 Å². The molecule has 6 aromatic rings. The molecule has 0 spiro atoms. The van der Waals surface area contributed by atoms with Crippen LogP contribution < -0.4 is 23.8 Å². The lowest BCUT2D eigenvalue weighted by molar-refractivity contribution is 0.0692. The second kappa shape index (κ2) is 14.9. The molecule has 302 valence electrons. The number of aryl methyl sites for hydroxylation is 1. The van der Waals surface area contributed by atoms with Crippen molar-refractivity contribution in [2.75, 3.05) is 11.9 Å². The second-order valence-electron chi connectivity index (χ2n) is 17.1. The van der Waals surface area contributed by atoms with E-state index in [-0.39, 0.29) is 33.8 Å². The minimum Gasteiger partial charge on any atom is -0.457 e. The highest BCUT2D eigenvalue weighted by molar-refractivity contribution is 6.34. The van der Waals surface area contributed by atoms with E-state index in [0.29, 0.717) is 57.1 Å². The number of carbonyl (C=O) groups excluding carboxylic acids is 4. The van der Waals surface area contributed by atoms with Gasteiger partial charge < -0.3 is 18.9 Å². The SMILES string of the molecule is Cc1ccc(Oc2ccc(Oc3ccc(N4C(=O)c5ccc(Oc6ccc(Oc7ccc8c(c7)C(=O)N(C)C8=O)c(C(C)(C)C)c6)cc5C4=O)cc3)c(C(C)(C)C)c2)cc1. The predicted molar refractivity (Wildman–Crippen MR) is 229 cm³/mol. The van der Waals surface area contributed by atoms with E-state index in [1.54, 1.807) is 72.8 Å². The van der Waals surface area contributed by atoms with Crippen molar-refractivity contribution in [1.29, 1.82) is 0 Å². The third kappa shape index (κ3) is 7.59. The molecule has 0 saturated carbocycles. The van der Waals surface area contributed by atoms with Crippen LogP contribution in [-0.4, -0.2) is 35.6 Å². The maximum absolute atomic E-state index is 13.8. The van der Waals surface area contributed by atoms with Crippen LogP contribution in [0.3, 0.4) is 0 Å². The first-order valence-electron chi connectivity index (χ1n) is 19.6. The first-order valence-corrected chi connectivity index (χ1v) is 19.6. The number of rotatable bonds is 9. The second-order valence-corrected chi connectivity index (χ2v) is 17.1. The Labute approximate surface area is 348 Å². The fourth-order valence-electron chi connectivity index (χ4n) is 7.21. The Morgan fingerprint density at radius 2 is 0.767 bits per heavy atom. The standard InChI is InChI=1S/C50H44N2O8/c1-29-9-13-31(14-10-29)57-35-19-23-43(41(27-35)49(2,3)4)59-32-15-11-30(12-16-32)52-47(55)38-22-17-33(25-40(38)48(52)56)58-36-20-24-44(42(28-36)50(5,6)7)60-34-18-21-37-39(26-34)46(54)51(8)45(37)53/h9-28H,1-8H3. The van der Waals surface area contributed by atoms with Gasteiger partial charge in [-0.3, -0.25) is 24.1 Å². The lowest BCUT2D eigenvalue weighted by atomic mass is 9.86. The molecule has 6 aromatic carbocycles. The van der Waals surface area contributed by atoms with Crippen molar-refractivity contribution < 1.29 is 38.1 Å². The van der Waals surface area contributed by atoms with E-state index in [4.69, 9.17) is 18.9 Å². The number of carbonyl (C=O) groups is 4. The largest absolute Gasteiger partial charge is 0.457 e. The smallest absolute Gasteiger partial charge is 0.266 e. The fourth-order valence-corrected chi connectivity index (χ4v) is 7.21. The highest BCUT2D eigenvalue weighted by Gasteiger charge is 2.37. The molecule has 0 fully saturated rings. The number of nitrogens with zero attached hydrogens (tertiary/aromatic N) is 2. The van der Waals surface area contributed by atoms with Crippen LogP contribution >= 0.6 is 0 Å². The van der Waals surface area contributed by atoms with Crippen LogP contribution in [0.2, 0.25) is 0 Å². The zero-order valence-corrected chi connectivity index (χ0v) is 34.7. The van der Waals surface area contributed by atoms with Gasteiger partial charge in [0.15, 0.2) is 0 Å². The van der Waals surface area contributed by atoms with Crippen LogP contribution in [0.4, 0.5) is 5.69 Å². The number of hydrogen-bond donors (Lipinski definition) is 0. The van der Waals surface area contributed by atoms with Gasteiger partial charge in [0, 0.05) is 18.2 Å². The van der Waals surface area contributed by atoms with Crippen molar-refractivity contribution in [2.24, 2.45) is 0 Å². The van der Waals surface area contributed by atoms with Crippen molar-refractivity contribution in [2.45, 2.75) is 59.3 Å². The Hall–Kier alpha value is -7.20. The van der Waals surface area contributed by atoms with Crippen LogP contribution in [-0.2, 0) is 10.8 Å². The first kappa shape index (κ1) is 39.6. The van der Waals surface area contributed by atoms with Crippen LogP contribution in [0.5, 0.6) is 46.0 Å². The van der Waals surface area contributed by atoms with Gasteiger partial charge in [-0.2, -0.15) is 0 Å². The minimum absolute atomic E-state index is 0.229. The zero-order chi connectivity index (χ0) is 42.7. The van der Waals surface area contributed by atoms with Gasteiger partial charge in [0.25, 0.3) is 23.6 Å². The highest BCUT2D eigenvalue weighted by atomic mass is 16.5. The molecule has 0 aliphatic carbocycles. The topological polar surface area (TPSA) is 112 Å². The lowest BCUT2D eigenvalue weighted by Gasteiger charge is -2.24. The molecule has 0 aromatic heterocycles. The third-order valence-electron chi connectivity index (χ3n) is 10.5. The average Bonchev–Trinajstić information content (AvgIpc) is 3.58. The van der Waals surface area contributed by atoms with Gasteiger partial charge in [0.2, 0.25) is 0 Å². The molecule has 0 bridgehead atoms. The molecule has 8 rings (SSSR count). The molecule has 2 aliphatic heterocycles. The summed E-state index contributed by atoms with van der Waals surface area (Å²) in [7, 11) is 1.45. The van der Waals surface area contributed by atoms with Crippen LogP contribution in [0.25, 0.3) is 0 Å². The molecule has 0 N–H and O–H groups in total. The summed E-state index contributed by atoms with van der Waals surface area (Å²) in [5, 5.41) is 0. The maximum atomic E-state index is 13.8. The van der Waals surface area contributed by atoms with E-state index >= 15 is 0 Å². The Morgan fingerprint density at radius 1 is 0.400 bits per heavy atom. The van der Waals surface area contributed by atoms with E-state index in [0.717, 1.165) is 32.2 Å². The molecule has 0 atom stereocenters. The summed E-state index contributed by atoms with van der Waals surface area (Å²) in [6, 6.07) is 35.5. The fraction of sp³-hybridized carbons (Fsp3) is 0.200. The molecule has 10 nitrogen and oxygen atoms in total. The van der Waals surface area contributed by atoms with E-state index < -0.39 is 11.8 Å². The average molecular weight is 801 g/mol. The summed E-state index contributed by atoms with van der Waals surface area (Å²) in [4.78, 5) is 54.6. The van der Waals surface area contributed by atoms with Gasteiger partial charge in [-0.05, 0) is 127 Å². The quantitative estimate of drug-likeness (QED) is 0.133. The lowest BCUT2D eigenvalue weighted by Crippen LogP contribution is -2.29. The van der Waals surface area contributed by atoms with Crippen molar-refractivity contribution in [3.63, 3.8) is 0 Å². The molecule has 0 unspecified atom stereocenters. The Kier molecular flexibility index (Phi) is 9.82. The van der Waals surface area contributed by atoms with Gasteiger partial charge in [-0.15, -0.1) is 0 Å². The molecular formula is C50H44N2O8. The monoisotopic (exact) mass is 800 g/mol. The summed E-state index contributed by atoms with van der Waals surface area (Å²) in [5.74, 6) is 2.88. The number of fused-ring (bicyclic) bond motifs is 2. The summed E-state index contributed by atoms with van der Waals surface area (Å²) in [5.41, 5.74) is 3.84. The van der Waals surface area contributed by atoms with Crippen LogP contribution in [0, 0.1) is 6.92 Å². The molecule has 0 radical (unpaired) electrons. The van der Waals surface area contributed by atoms with E-state index in [1.807, 2.05) is 76.2 Å². The molecule has 60 heavy (non-hydrogen) atoms. The number of ether oxygens (including phenoxy) is 4. The Bertz CT molecular complexity index is 2720. The van der Waals surface area contributed by atoms with Gasteiger partial charge >= 0.3 is 0 Å². The molecular weight excluding hydrogens is 757 g/mol. The summed E-state index contributed by atoms with van der Waals surface area (Å²) >= 11 is 0. The Morgan fingerprint density at radius 3 is 1.32 bits per heavy atom. The predicted octanol–water partition coefficient (Wildman–Crippen LogP) is 11.8. The maximum Gasteiger partial charge on any atom is 0.266 e. The van der Waals surface area contributed by atoms with Crippen LogP contribution in [0.1, 0.15) is 99.7 Å².